The number of hydrogen-bond donors (Lipinski definition) is 1. The van der Waals surface area contributed by atoms with Gasteiger partial charge in [-0.1, -0.05) is 48.6 Å². The molecular weight excluding hydrogens is 152 g/mol. The highest BCUT2D eigenvalue weighted by atomic mass is 28.3. The first-order valence-electron chi connectivity index (χ1n) is 3.83. The molecule has 0 saturated carbocycles. The smallest absolute Gasteiger partial charge is 0.109 e. The third kappa shape index (κ3) is 1.91. The number of hydrogen-bond acceptors (Lipinski definition) is 1. The van der Waals surface area contributed by atoms with Crippen LogP contribution in [0.15, 0.2) is 30.3 Å². The van der Waals surface area contributed by atoms with Gasteiger partial charge >= 0.3 is 0 Å². The number of aliphatic hydroxyl groups is 1. The van der Waals surface area contributed by atoms with Gasteiger partial charge in [0.25, 0.3) is 0 Å². The van der Waals surface area contributed by atoms with Gasteiger partial charge in [-0.15, -0.1) is 0 Å². The molecule has 0 heterocycles. The second-order valence-electron chi connectivity index (χ2n) is 3.41. The van der Waals surface area contributed by atoms with Crippen molar-refractivity contribution in [3.05, 3.63) is 30.3 Å². The molecular formula is C9H14OSi. The molecule has 60 valence electrons. The zero-order valence-electron chi connectivity index (χ0n) is 7.04. The highest BCUT2D eigenvalue weighted by Gasteiger charge is 2.21. The molecule has 1 nitrogen and oxygen atoms in total. The highest BCUT2D eigenvalue weighted by Crippen LogP contribution is 2.00. The largest absolute Gasteiger partial charge is 0.399 e. The maximum absolute atomic E-state index is 9.11. The summed E-state index contributed by atoms with van der Waals surface area (Å²) in [6.07, 6.45) is 0.330. The van der Waals surface area contributed by atoms with E-state index in [1.54, 1.807) is 0 Å². The van der Waals surface area contributed by atoms with Crippen LogP contribution in [0.2, 0.25) is 13.1 Å². The van der Waals surface area contributed by atoms with Gasteiger partial charge in [-0.05, 0) is 0 Å². The van der Waals surface area contributed by atoms with Crippen molar-refractivity contribution < 1.29 is 5.11 Å². The molecule has 0 unspecified atom stereocenters. The Kier molecular flexibility index (Phi) is 2.47. The summed E-state index contributed by atoms with van der Waals surface area (Å²) in [6, 6.07) is 10.3. The number of benzene rings is 1. The summed E-state index contributed by atoms with van der Waals surface area (Å²) in [4.78, 5) is 0. The minimum absolute atomic E-state index is 0.330. The molecule has 1 N–H and O–H groups in total. The predicted octanol–water partition coefficient (Wildman–Crippen LogP) is 1.13. The van der Waals surface area contributed by atoms with E-state index in [4.69, 9.17) is 5.11 Å². The Morgan fingerprint density at radius 3 is 2.18 bits per heavy atom. The van der Waals surface area contributed by atoms with Gasteiger partial charge in [-0.3, -0.25) is 0 Å². The minimum Gasteiger partial charge on any atom is -0.399 e. The van der Waals surface area contributed by atoms with Crippen molar-refractivity contribution in [2.24, 2.45) is 0 Å². The number of rotatable bonds is 2. The predicted molar refractivity (Wildman–Crippen MR) is 50.6 cm³/mol. The number of aliphatic hydroxyl groups excluding tert-OH is 1. The van der Waals surface area contributed by atoms with E-state index in [-0.39, 0.29) is 0 Å². The van der Waals surface area contributed by atoms with E-state index >= 15 is 0 Å². The van der Waals surface area contributed by atoms with Crippen molar-refractivity contribution >= 4 is 13.3 Å². The van der Waals surface area contributed by atoms with Crippen LogP contribution < -0.4 is 5.19 Å². The van der Waals surface area contributed by atoms with Crippen LogP contribution in [-0.4, -0.2) is 19.4 Å². The topological polar surface area (TPSA) is 20.2 Å². The van der Waals surface area contributed by atoms with E-state index in [9.17, 15) is 0 Å². The van der Waals surface area contributed by atoms with E-state index in [2.05, 4.69) is 25.2 Å². The van der Waals surface area contributed by atoms with E-state index < -0.39 is 8.07 Å². The first-order valence-corrected chi connectivity index (χ1v) is 7.04. The maximum Gasteiger partial charge on any atom is 0.109 e. The average Bonchev–Trinajstić information content (AvgIpc) is 2.06. The van der Waals surface area contributed by atoms with Crippen LogP contribution in [0.25, 0.3) is 0 Å². The van der Waals surface area contributed by atoms with E-state index in [1.807, 2.05) is 18.2 Å². The lowest BCUT2D eigenvalue weighted by Crippen LogP contribution is -2.45. The van der Waals surface area contributed by atoms with Crippen LogP contribution in [0.1, 0.15) is 0 Å². The molecule has 0 bridgehead atoms. The standard InChI is InChI=1S/C9H14OSi/c1-11(2,8-10)9-6-4-3-5-7-9/h3-7,10H,8H2,1-2H3. The van der Waals surface area contributed by atoms with Gasteiger partial charge in [0.15, 0.2) is 0 Å². The summed E-state index contributed by atoms with van der Waals surface area (Å²) in [7, 11) is -1.50. The Bertz CT molecular complexity index is 218. The minimum atomic E-state index is -1.50. The first kappa shape index (κ1) is 8.49. The summed E-state index contributed by atoms with van der Waals surface area (Å²) in [5, 5.41) is 10.4. The lowest BCUT2D eigenvalue weighted by atomic mass is 10.4. The quantitative estimate of drug-likeness (QED) is 0.653. The molecule has 1 rings (SSSR count). The Labute approximate surface area is 68.7 Å². The molecule has 0 aliphatic rings. The SMILES string of the molecule is C[Si](C)(CO)c1ccccc1. The van der Waals surface area contributed by atoms with Crippen LogP contribution in [-0.2, 0) is 0 Å². The summed E-state index contributed by atoms with van der Waals surface area (Å²) >= 11 is 0. The molecule has 0 spiro atoms. The van der Waals surface area contributed by atoms with Crippen molar-refractivity contribution in [2.75, 3.05) is 6.23 Å². The van der Waals surface area contributed by atoms with Crippen molar-refractivity contribution in [3.63, 3.8) is 0 Å². The Balaban J connectivity index is 2.93. The van der Waals surface area contributed by atoms with Gasteiger partial charge in [0.1, 0.15) is 8.07 Å². The van der Waals surface area contributed by atoms with Gasteiger partial charge in [0.05, 0.1) is 0 Å². The van der Waals surface area contributed by atoms with Gasteiger partial charge < -0.3 is 5.11 Å². The van der Waals surface area contributed by atoms with E-state index in [1.165, 1.54) is 5.19 Å². The van der Waals surface area contributed by atoms with Gasteiger partial charge in [0, 0.05) is 6.23 Å². The molecule has 1 aromatic rings. The molecule has 1 aromatic carbocycles. The fourth-order valence-electron chi connectivity index (χ4n) is 0.981. The molecule has 11 heavy (non-hydrogen) atoms. The molecule has 0 aliphatic heterocycles. The third-order valence-electron chi connectivity index (χ3n) is 1.95. The second-order valence-corrected chi connectivity index (χ2v) is 8.07. The average molecular weight is 166 g/mol. The molecule has 0 atom stereocenters. The highest BCUT2D eigenvalue weighted by molar-refractivity contribution is 6.89. The molecule has 0 fully saturated rings. The van der Waals surface area contributed by atoms with Gasteiger partial charge in [0.2, 0.25) is 0 Å². The summed E-state index contributed by atoms with van der Waals surface area (Å²) < 4.78 is 0. The zero-order chi connectivity index (χ0) is 8.32. The molecule has 2 heteroatoms. The zero-order valence-corrected chi connectivity index (χ0v) is 8.04. The monoisotopic (exact) mass is 166 g/mol. The van der Waals surface area contributed by atoms with E-state index in [0.717, 1.165) is 0 Å². The molecule has 0 amide bonds. The van der Waals surface area contributed by atoms with Crippen LogP contribution in [0.3, 0.4) is 0 Å². The summed E-state index contributed by atoms with van der Waals surface area (Å²) in [5.41, 5.74) is 0. The molecule has 0 aromatic heterocycles. The van der Waals surface area contributed by atoms with Gasteiger partial charge in [-0.25, -0.2) is 0 Å². The van der Waals surface area contributed by atoms with Gasteiger partial charge in [-0.2, -0.15) is 0 Å². The van der Waals surface area contributed by atoms with Crippen LogP contribution >= 0.6 is 0 Å². The molecule has 0 aliphatic carbocycles. The van der Waals surface area contributed by atoms with Crippen LogP contribution in [0.4, 0.5) is 0 Å². The molecule has 0 radical (unpaired) electrons. The fourth-order valence-corrected chi connectivity index (χ4v) is 2.26. The van der Waals surface area contributed by atoms with Crippen molar-refractivity contribution in [3.8, 4) is 0 Å². The third-order valence-corrected chi connectivity index (χ3v) is 4.64. The lowest BCUT2D eigenvalue weighted by molar-refractivity contribution is 0.360. The molecule has 0 saturated heterocycles. The Morgan fingerprint density at radius 1 is 1.18 bits per heavy atom. The summed E-state index contributed by atoms with van der Waals surface area (Å²) in [5.74, 6) is 0. The lowest BCUT2D eigenvalue weighted by Gasteiger charge is -2.18. The fraction of sp³-hybridized carbons (Fsp3) is 0.333. The van der Waals surface area contributed by atoms with Crippen molar-refractivity contribution in [2.45, 2.75) is 13.1 Å². The first-order chi connectivity index (χ1) is 5.17. The van der Waals surface area contributed by atoms with Crippen molar-refractivity contribution in [1.82, 2.24) is 0 Å². The maximum atomic E-state index is 9.11. The van der Waals surface area contributed by atoms with Crippen LogP contribution in [0, 0.1) is 0 Å². The normalized spacial score (nSPS) is 11.5. The summed E-state index contributed by atoms with van der Waals surface area (Å²) in [6.45, 7) is 4.34. The Morgan fingerprint density at radius 2 is 1.73 bits per heavy atom. The van der Waals surface area contributed by atoms with E-state index in [0.29, 0.717) is 6.23 Å². The van der Waals surface area contributed by atoms with Crippen LogP contribution in [0.5, 0.6) is 0 Å². The van der Waals surface area contributed by atoms with Crippen molar-refractivity contribution in [1.29, 1.82) is 0 Å². The second kappa shape index (κ2) is 3.20. The Hall–Kier alpha value is -0.603.